The van der Waals surface area contributed by atoms with Crippen molar-refractivity contribution in [1.82, 2.24) is 20.4 Å². The van der Waals surface area contributed by atoms with Gasteiger partial charge < -0.3 is 19.5 Å². The average Bonchev–Trinajstić information content (AvgIpc) is 3.03. The van der Waals surface area contributed by atoms with Crippen molar-refractivity contribution in [3.8, 4) is 5.75 Å². The lowest BCUT2D eigenvalue weighted by atomic mass is 10.1. The molecule has 1 N–H and O–H groups in total. The van der Waals surface area contributed by atoms with E-state index >= 15 is 0 Å². The molecule has 2 aromatic heterocycles. The van der Waals surface area contributed by atoms with Gasteiger partial charge in [-0.05, 0) is 18.6 Å². The zero-order valence-electron chi connectivity index (χ0n) is 13.8. The van der Waals surface area contributed by atoms with Crippen LogP contribution in [0.1, 0.15) is 36.8 Å². The molecule has 1 aliphatic heterocycles. The molecule has 1 aliphatic rings. The van der Waals surface area contributed by atoms with Crippen LogP contribution in [0, 0.1) is 0 Å². The maximum atomic E-state index is 12.2. The molecular weight excluding hydrogens is 308 g/mol. The van der Waals surface area contributed by atoms with Gasteiger partial charge in [0.25, 0.3) is 0 Å². The minimum absolute atomic E-state index is 0.0329. The SMILES string of the molecule is CCCCNC(=O)N1CCc2onc(COc3cccnc3)c2C1. The van der Waals surface area contributed by atoms with Crippen molar-refractivity contribution in [3.05, 3.63) is 41.5 Å². The first-order chi connectivity index (χ1) is 11.8. The molecule has 128 valence electrons. The van der Waals surface area contributed by atoms with E-state index in [4.69, 9.17) is 9.26 Å². The highest BCUT2D eigenvalue weighted by molar-refractivity contribution is 5.74. The van der Waals surface area contributed by atoms with E-state index in [-0.39, 0.29) is 6.03 Å². The number of carbonyl (C=O) groups is 1. The highest BCUT2D eigenvalue weighted by Crippen LogP contribution is 2.23. The highest BCUT2D eigenvalue weighted by atomic mass is 16.5. The molecule has 0 atom stereocenters. The lowest BCUT2D eigenvalue weighted by Crippen LogP contribution is -2.43. The number of pyridine rings is 1. The van der Waals surface area contributed by atoms with Gasteiger partial charge in [-0.3, -0.25) is 4.98 Å². The number of hydrogen-bond donors (Lipinski definition) is 1. The molecule has 0 fully saturated rings. The Morgan fingerprint density at radius 2 is 2.42 bits per heavy atom. The lowest BCUT2D eigenvalue weighted by Gasteiger charge is -2.26. The summed E-state index contributed by atoms with van der Waals surface area (Å²) in [6, 6.07) is 3.62. The summed E-state index contributed by atoms with van der Waals surface area (Å²) in [5.41, 5.74) is 1.69. The number of amides is 2. The maximum Gasteiger partial charge on any atom is 0.317 e. The summed E-state index contributed by atoms with van der Waals surface area (Å²) in [6.07, 6.45) is 6.07. The van der Waals surface area contributed by atoms with Gasteiger partial charge in [-0.25, -0.2) is 4.79 Å². The molecule has 0 spiro atoms. The van der Waals surface area contributed by atoms with Crippen LogP contribution in [0.25, 0.3) is 0 Å². The zero-order chi connectivity index (χ0) is 16.8. The van der Waals surface area contributed by atoms with Gasteiger partial charge in [0.05, 0.1) is 12.7 Å². The van der Waals surface area contributed by atoms with Gasteiger partial charge in [0, 0.05) is 31.3 Å². The summed E-state index contributed by atoms with van der Waals surface area (Å²) in [5, 5.41) is 7.05. The van der Waals surface area contributed by atoms with Crippen molar-refractivity contribution < 1.29 is 14.1 Å². The maximum absolute atomic E-state index is 12.2. The molecule has 3 rings (SSSR count). The number of rotatable bonds is 6. The van der Waals surface area contributed by atoms with Gasteiger partial charge in [-0.15, -0.1) is 0 Å². The standard InChI is InChI=1S/C17H22N4O3/c1-2-3-8-19-17(22)21-9-6-16-14(11-21)15(20-24-16)12-23-13-5-4-7-18-10-13/h4-5,7,10H,2-3,6,8-9,11-12H2,1H3,(H,19,22). The van der Waals surface area contributed by atoms with E-state index < -0.39 is 0 Å². The Morgan fingerprint density at radius 1 is 1.50 bits per heavy atom. The van der Waals surface area contributed by atoms with Crippen molar-refractivity contribution >= 4 is 6.03 Å². The second-order valence-electron chi connectivity index (χ2n) is 5.77. The topological polar surface area (TPSA) is 80.5 Å². The molecule has 0 bridgehead atoms. The Hall–Kier alpha value is -2.57. The van der Waals surface area contributed by atoms with E-state index in [1.807, 2.05) is 12.1 Å². The Morgan fingerprint density at radius 3 is 3.21 bits per heavy atom. The normalized spacial score (nSPS) is 13.5. The second-order valence-corrected chi connectivity index (χ2v) is 5.77. The summed E-state index contributed by atoms with van der Waals surface area (Å²) >= 11 is 0. The van der Waals surface area contributed by atoms with Gasteiger partial charge >= 0.3 is 6.03 Å². The van der Waals surface area contributed by atoms with Crippen molar-refractivity contribution in [2.75, 3.05) is 13.1 Å². The number of urea groups is 1. The Balaban J connectivity index is 1.61. The van der Waals surface area contributed by atoms with Gasteiger partial charge in [-0.1, -0.05) is 18.5 Å². The quantitative estimate of drug-likeness (QED) is 0.823. The van der Waals surface area contributed by atoms with Crippen LogP contribution in [0.4, 0.5) is 4.79 Å². The Kier molecular flexibility index (Phi) is 5.30. The van der Waals surface area contributed by atoms with E-state index in [2.05, 4.69) is 22.4 Å². The molecule has 0 saturated heterocycles. The second kappa shape index (κ2) is 7.81. The fraction of sp³-hybridized carbons (Fsp3) is 0.471. The molecule has 2 aromatic rings. The zero-order valence-corrected chi connectivity index (χ0v) is 13.8. The smallest absolute Gasteiger partial charge is 0.317 e. The summed E-state index contributed by atoms with van der Waals surface area (Å²) in [6.45, 7) is 4.26. The summed E-state index contributed by atoms with van der Waals surface area (Å²) in [7, 11) is 0. The molecule has 0 aromatic carbocycles. The number of nitrogens with one attached hydrogen (secondary N) is 1. The fourth-order valence-corrected chi connectivity index (χ4v) is 2.62. The number of nitrogens with zero attached hydrogens (tertiary/aromatic N) is 3. The predicted molar refractivity (Wildman–Crippen MR) is 87.5 cm³/mol. The number of ether oxygens (including phenoxy) is 1. The molecule has 7 nitrogen and oxygen atoms in total. The van der Waals surface area contributed by atoms with Crippen LogP contribution in [0.3, 0.4) is 0 Å². The summed E-state index contributed by atoms with van der Waals surface area (Å²) in [4.78, 5) is 18.0. The van der Waals surface area contributed by atoms with Crippen molar-refractivity contribution in [2.45, 2.75) is 39.3 Å². The molecule has 24 heavy (non-hydrogen) atoms. The molecule has 3 heterocycles. The monoisotopic (exact) mass is 330 g/mol. The molecule has 0 aliphatic carbocycles. The number of carbonyl (C=O) groups excluding carboxylic acids is 1. The van der Waals surface area contributed by atoms with Crippen LogP contribution >= 0.6 is 0 Å². The van der Waals surface area contributed by atoms with Gasteiger partial charge in [0.2, 0.25) is 0 Å². The highest BCUT2D eigenvalue weighted by Gasteiger charge is 2.27. The number of fused-ring (bicyclic) bond motifs is 1. The van der Waals surface area contributed by atoms with Crippen LogP contribution in [0.2, 0.25) is 0 Å². The molecule has 2 amide bonds. The van der Waals surface area contributed by atoms with Crippen LogP contribution in [-0.2, 0) is 19.6 Å². The summed E-state index contributed by atoms with van der Waals surface area (Å²) in [5.74, 6) is 1.52. The third-order valence-electron chi connectivity index (χ3n) is 4.01. The van der Waals surface area contributed by atoms with E-state index in [9.17, 15) is 4.79 Å². The van der Waals surface area contributed by atoms with Gasteiger partial charge in [0.15, 0.2) is 0 Å². The van der Waals surface area contributed by atoms with E-state index in [1.54, 1.807) is 17.3 Å². The minimum Gasteiger partial charge on any atom is -0.486 e. The van der Waals surface area contributed by atoms with Gasteiger partial charge in [0.1, 0.15) is 23.8 Å². The molecular formula is C17H22N4O3. The lowest BCUT2D eigenvalue weighted by molar-refractivity contribution is 0.188. The Bertz CT molecular complexity index is 672. The molecule has 0 saturated carbocycles. The third-order valence-corrected chi connectivity index (χ3v) is 4.01. The predicted octanol–water partition coefficient (Wildman–Crippen LogP) is 2.52. The van der Waals surface area contributed by atoms with Crippen LogP contribution in [-0.4, -0.2) is 34.2 Å². The number of unbranched alkanes of at least 4 members (excludes halogenated alkanes) is 1. The molecule has 0 unspecified atom stereocenters. The molecule has 7 heteroatoms. The van der Waals surface area contributed by atoms with Crippen LogP contribution in [0.15, 0.2) is 29.0 Å². The first-order valence-corrected chi connectivity index (χ1v) is 8.30. The van der Waals surface area contributed by atoms with Crippen molar-refractivity contribution in [1.29, 1.82) is 0 Å². The van der Waals surface area contributed by atoms with E-state index in [0.717, 1.165) is 29.9 Å². The average molecular weight is 330 g/mol. The third kappa shape index (κ3) is 3.84. The van der Waals surface area contributed by atoms with Crippen LogP contribution < -0.4 is 10.1 Å². The minimum atomic E-state index is -0.0329. The van der Waals surface area contributed by atoms with Gasteiger partial charge in [-0.2, -0.15) is 0 Å². The van der Waals surface area contributed by atoms with E-state index in [0.29, 0.717) is 38.4 Å². The largest absolute Gasteiger partial charge is 0.486 e. The first kappa shape index (κ1) is 16.3. The van der Waals surface area contributed by atoms with Crippen molar-refractivity contribution in [2.24, 2.45) is 0 Å². The molecule has 0 radical (unpaired) electrons. The summed E-state index contributed by atoms with van der Waals surface area (Å²) < 4.78 is 11.1. The van der Waals surface area contributed by atoms with Crippen molar-refractivity contribution in [3.63, 3.8) is 0 Å². The number of aromatic nitrogens is 2. The first-order valence-electron chi connectivity index (χ1n) is 8.30. The Labute approximate surface area is 141 Å². The number of hydrogen-bond acceptors (Lipinski definition) is 5. The van der Waals surface area contributed by atoms with E-state index in [1.165, 1.54) is 0 Å². The fourth-order valence-electron chi connectivity index (χ4n) is 2.62. The van der Waals surface area contributed by atoms with Crippen LogP contribution in [0.5, 0.6) is 5.75 Å².